The minimum Gasteiger partial charge on any atom is -0.491 e. The molecule has 3 aromatic rings. The number of nitrogens with zero attached hydrogens (tertiary/aromatic N) is 2. The molecule has 0 aliphatic carbocycles. The van der Waals surface area contributed by atoms with Gasteiger partial charge in [0.05, 0.1) is 24.8 Å². The first-order valence-corrected chi connectivity index (χ1v) is 9.98. The van der Waals surface area contributed by atoms with E-state index in [0.717, 1.165) is 18.3 Å². The lowest BCUT2D eigenvalue weighted by atomic mass is 9.80. The van der Waals surface area contributed by atoms with Gasteiger partial charge in [-0.2, -0.15) is 13.2 Å². The summed E-state index contributed by atoms with van der Waals surface area (Å²) in [6, 6.07) is 8.28. The number of halogens is 4. The molecule has 0 saturated carbocycles. The Bertz CT molecular complexity index is 1250. The molecule has 0 bridgehead atoms. The van der Waals surface area contributed by atoms with E-state index in [0.29, 0.717) is 11.8 Å². The fraction of sp³-hybridized carbons (Fsp3) is 0.217. The summed E-state index contributed by atoms with van der Waals surface area (Å²) >= 11 is 0. The van der Waals surface area contributed by atoms with Gasteiger partial charge in [0, 0.05) is 18.8 Å². The van der Waals surface area contributed by atoms with Gasteiger partial charge in [-0.3, -0.25) is 14.8 Å². The van der Waals surface area contributed by atoms with Crippen LogP contribution in [0.1, 0.15) is 44.1 Å². The number of hydrogen-bond acceptors (Lipinski definition) is 6. The maximum Gasteiger partial charge on any atom is 0.419 e. The summed E-state index contributed by atoms with van der Waals surface area (Å²) in [5.74, 6) is -2.54. The van der Waals surface area contributed by atoms with Crippen LogP contribution < -0.4 is 10.1 Å². The van der Waals surface area contributed by atoms with Gasteiger partial charge in [0.25, 0.3) is 5.91 Å². The van der Waals surface area contributed by atoms with E-state index < -0.39 is 35.0 Å². The number of alkyl halides is 3. The van der Waals surface area contributed by atoms with Gasteiger partial charge in [-0.05, 0) is 42.0 Å². The Morgan fingerprint density at radius 1 is 1.15 bits per heavy atom. The highest BCUT2D eigenvalue weighted by atomic mass is 19.4. The van der Waals surface area contributed by atoms with E-state index in [9.17, 15) is 27.2 Å². The summed E-state index contributed by atoms with van der Waals surface area (Å²) in [6.07, 6.45) is -2.23. The zero-order valence-corrected chi connectivity index (χ0v) is 17.6. The zero-order chi connectivity index (χ0) is 24.5. The number of pyridine rings is 2. The smallest absolute Gasteiger partial charge is 0.419 e. The largest absolute Gasteiger partial charge is 0.491 e. The third-order valence-electron chi connectivity index (χ3n) is 5.42. The van der Waals surface area contributed by atoms with Crippen molar-refractivity contribution in [2.24, 2.45) is 0 Å². The molecule has 176 valence electrons. The van der Waals surface area contributed by atoms with Crippen LogP contribution in [-0.4, -0.2) is 35.6 Å². The first-order chi connectivity index (χ1) is 16.2. The molecular weight excluding hydrogens is 458 g/mol. The fourth-order valence-corrected chi connectivity index (χ4v) is 3.77. The number of benzene rings is 1. The lowest BCUT2D eigenvalue weighted by Gasteiger charge is -2.39. The summed E-state index contributed by atoms with van der Waals surface area (Å²) in [7, 11) is 1.20. The quantitative estimate of drug-likeness (QED) is 0.455. The Kier molecular flexibility index (Phi) is 5.94. The van der Waals surface area contributed by atoms with E-state index in [1.807, 2.05) is 0 Å². The van der Waals surface area contributed by atoms with E-state index in [1.165, 1.54) is 25.4 Å². The van der Waals surface area contributed by atoms with Crippen LogP contribution >= 0.6 is 0 Å². The number of carbonyl (C=O) groups is 2. The van der Waals surface area contributed by atoms with E-state index >= 15 is 0 Å². The topological polar surface area (TPSA) is 90.4 Å². The average molecular weight is 475 g/mol. The van der Waals surface area contributed by atoms with E-state index in [1.54, 1.807) is 12.1 Å². The van der Waals surface area contributed by atoms with Crippen LogP contribution in [0, 0.1) is 5.82 Å². The van der Waals surface area contributed by atoms with E-state index in [4.69, 9.17) is 4.74 Å². The molecule has 1 aliphatic heterocycles. The molecule has 3 heterocycles. The minimum absolute atomic E-state index is 0.0563. The van der Waals surface area contributed by atoms with Gasteiger partial charge in [0.1, 0.15) is 28.5 Å². The van der Waals surface area contributed by atoms with Gasteiger partial charge in [-0.15, -0.1) is 0 Å². The molecule has 0 unspecified atom stereocenters. The zero-order valence-electron chi connectivity index (χ0n) is 17.6. The van der Waals surface area contributed by atoms with Crippen LogP contribution in [0.15, 0.2) is 54.9 Å². The van der Waals surface area contributed by atoms with Crippen molar-refractivity contribution in [3.8, 4) is 5.75 Å². The predicted molar refractivity (Wildman–Crippen MR) is 110 cm³/mol. The number of aromatic nitrogens is 2. The molecule has 1 atom stereocenters. The summed E-state index contributed by atoms with van der Waals surface area (Å²) in [6.45, 7) is 0.0797. The second-order valence-corrected chi connectivity index (χ2v) is 7.42. The van der Waals surface area contributed by atoms with Gasteiger partial charge >= 0.3 is 12.1 Å². The molecule has 4 rings (SSSR count). The van der Waals surface area contributed by atoms with Crippen molar-refractivity contribution in [1.82, 2.24) is 15.3 Å². The number of esters is 1. The predicted octanol–water partition coefficient (Wildman–Crippen LogP) is 3.88. The van der Waals surface area contributed by atoms with Gasteiger partial charge < -0.3 is 14.8 Å². The van der Waals surface area contributed by atoms with Crippen molar-refractivity contribution < 1.29 is 36.6 Å². The number of nitrogens with one attached hydrogen (secondary N) is 1. The first-order valence-electron chi connectivity index (χ1n) is 9.98. The highest BCUT2D eigenvalue weighted by Crippen LogP contribution is 2.42. The maximum absolute atomic E-state index is 14.5. The molecule has 1 aromatic carbocycles. The van der Waals surface area contributed by atoms with Crippen LogP contribution in [-0.2, 0) is 16.5 Å². The Balaban J connectivity index is 1.79. The SMILES string of the molecule is COC(=O)c1ccc(C(=O)N[C@]2(c3ccc(C(F)(F)F)c(F)c3)CCOc3cccnc32)nc1. The van der Waals surface area contributed by atoms with Gasteiger partial charge in [0.2, 0.25) is 0 Å². The molecule has 1 N–H and O–H groups in total. The molecule has 0 spiro atoms. The van der Waals surface area contributed by atoms with Crippen molar-refractivity contribution in [2.75, 3.05) is 13.7 Å². The summed E-state index contributed by atoms with van der Waals surface area (Å²) in [4.78, 5) is 33.0. The Morgan fingerprint density at radius 3 is 2.59 bits per heavy atom. The molecule has 11 heteroatoms. The third kappa shape index (κ3) is 4.16. The first kappa shape index (κ1) is 23.1. The number of methoxy groups -OCH3 is 1. The highest BCUT2D eigenvalue weighted by molar-refractivity contribution is 5.95. The minimum atomic E-state index is -4.88. The molecule has 0 saturated heterocycles. The van der Waals surface area contributed by atoms with Crippen LogP contribution in [0.25, 0.3) is 0 Å². The molecule has 0 fully saturated rings. The lowest BCUT2D eigenvalue weighted by Crippen LogP contribution is -2.50. The van der Waals surface area contributed by atoms with Crippen molar-refractivity contribution in [2.45, 2.75) is 18.1 Å². The number of carbonyl (C=O) groups excluding carboxylic acids is 2. The van der Waals surface area contributed by atoms with Crippen LogP contribution in [0.3, 0.4) is 0 Å². The standard InChI is InChI=1S/C23H17F4N3O4/c1-33-21(32)13-4-7-17(29-12-13)20(31)30-22(8-10-34-18-3-2-9-28-19(18)22)14-5-6-15(16(24)11-14)23(25,26)27/h2-7,9,11-12H,8,10H2,1H3,(H,30,31)/t22-/m0/s1. The van der Waals surface area contributed by atoms with Crippen LogP contribution in [0.4, 0.5) is 17.6 Å². The Hall–Kier alpha value is -4.02. The van der Waals surface area contributed by atoms with Gasteiger partial charge in [-0.25, -0.2) is 9.18 Å². The summed E-state index contributed by atoms with van der Waals surface area (Å²) in [5, 5.41) is 2.76. The number of fused-ring (bicyclic) bond motifs is 1. The van der Waals surface area contributed by atoms with Crippen molar-refractivity contribution in [3.05, 3.63) is 88.8 Å². The molecule has 34 heavy (non-hydrogen) atoms. The maximum atomic E-state index is 14.5. The monoisotopic (exact) mass is 475 g/mol. The van der Waals surface area contributed by atoms with Crippen molar-refractivity contribution >= 4 is 11.9 Å². The number of hydrogen-bond donors (Lipinski definition) is 1. The summed E-state index contributed by atoms with van der Waals surface area (Å²) < 4.78 is 64.1. The number of rotatable bonds is 4. The normalized spacial score (nSPS) is 17.3. The van der Waals surface area contributed by atoms with E-state index in [2.05, 4.69) is 20.0 Å². The molecular formula is C23H17F4N3O4. The van der Waals surface area contributed by atoms with Crippen molar-refractivity contribution in [3.63, 3.8) is 0 Å². The van der Waals surface area contributed by atoms with Crippen LogP contribution in [0.5, 0.6) is 5.75 Å². The molecule has 2 aromatic heterocycles. The third-order valence-corrected chi connectivity index (χ3v) is 5.42. The number of amides is 1. The number of ether oxygens (including phenoxy) is 2. The van der Waals surface area contributed by atoms with Gasteiger partial charge in [-0.1, -0.05) is 6.07 Å². The Morgan fingerprint density at radius 2 is 1.94 bits per heavy atom. The molecule has 1 amide bonds. The summed E-state index contributed by atoms with van der Waals surface area (Å²) in [5.41, 5.74) is -2.62. The van der Waals surface area contributed by atoms with Crippen molar-refractivity contribution in [1.29, 1.82) is 0 Å². The molecule has 0 radical (unpaired) electrons. The Labute approximate surface area is 190 Å². The fourth-order valence-electron chi connectivity index (χ4n) is 3.77. The molecule has 1 aliphatic rings. The highest BCUT2D eigenvalue weighted by Gasteiger charge is 2.44. The molecule has 7 nitrogen and oxygen atoms in total. The average Bonchev–Trinajstić information content (AvgIpc) is 2.83. The van der Waals surface area contributed by atoms with Crippen LogP contribution in [0.2, 0.25) is 0 Å². The van der Waals surface area contributed by atoms with E-state index in [-0.39, 0.29) is 35.5 Å². The second-order valence-electron chi connectivity index (χ2n) is 7.42. The van der Waals surface area contributed by atoms with Gasteiger partial charge in [0.15, 0.2) is 0 Å². The second kappa shape index (κ2) is 8.73. The lowest BCUT2D eigenvalue weighted by molar-refractivity contribution is -0.140.